The van der Waals surface area contributed by atoms with Crippen molar-refractivity contribution in [3.8, 4) is 0 Å². The first-order chi connectivity index (χ1) is 14.4. The van der Waals surface area contributed by atoms with E-state index in [4.69, 9.17) is 0 Å². The van der Waals surface area contributed by atoms with Crippen molar-refractivity contribution in [1.82, 2.24) is 0 Å². The van der Waals surface area contributed by atoms with Crippen LogP contribution in [0.3, 0.4) is 0 Å². The Labute approximate surface area is 200 Å². The van der Waals surface area contributed by atoms with Crippen LogP contribution in [0.15, 0.2) is 0 Å². The third-order valence-electron chi connectivity index (χ3n) is 5.37. The van der Waals surface area contributed by atoms with Crippen molar-refractivity contribution in [3.05, 3.63) is 0 Å². The summed E-state index contributed by atoms with van der Waals surface area (Å²) in [7, 11) is 0. The van der Waals surface area contributed by atoms with Gasteiger partial charge in [0.2, 0.25) is 0 Å². The van der Waals surface area contributed by atoms with Gasteiger partial charge in [-0.25, -0.2) is 0 Å². The van der Waals surface area contributed by atoms with Crippen molar-refractivity contribution >= 4 is 51.6 Å². The van der Waals surface area contributed by atoms with E-state index in [9.17, 15) is 19.8 Å². The Hall–Kier alpha value is 0.400. The van der Waals surface area contributed by atoms with E-state index in [0.717, 1.165) is 51.4 Å². The summed E-state index contributed by atoms with van der Waals surface area (Å²) in [6.45, 7) is 8.75. The van der Waals surface area contributed by atoms with Crippen LogP contribution < -0.4 is 0 Å². The Balaban J connectivity index is 4.83. The van der Waals surface area contributed by atoms with E-state index in [1.165, 1.54) is 43.4 Å². The quantitative estimate of drug-likeness (QED) is 0.0758. The fourth-order valence-electron chi connectivity index (χ4n) is 3.40. The van der Waals surface area contributed by atoms with E-state index in [2.05, 4.69) is 27.7 Å². The number of carboxylic acids is 2. The van der Waals surface area contributed by atoms with Crippen LogP contribution in [0.2, 0.25) is 0 Å². The fraction of sp³-hybridized carbons (Fsp3) is 0.917. The molecule has 2 N–H and O–H groups in total. The van der Waals surface area contributed by atoms with E-state index < -0.39 is 51.6 Å². The van der Waals surface area contributed by atoms with Crippen molar-refractivity contribution in [3.63, 3.8) is 0 Å². The first-order valence-electron chi connectivity index (χ1n) is 12.1. The van der Waals surface area contributed by atoms with Crippen LogP contribution in [0.5, 0.6) is 0 Å². The number of rotatable bonds is 21. The molecule has 0 bridgehead atoms. The molecule has 4 nitrogen and oxygen atoms in total. The van der Waals surface area contributed by atoms with Gasteiger partial charge >= 0.3 is 202 Å². The second-order valence-electron chi connectivity index (χ2n) is 8.06. The Morgan fingerprint density at radius 3 is 1.03 bits per heavy atom. The Morgan fingerprint density at radius 2 is 0.833 bits per heavy atom. The molecule has 0 aromatic heterocycles. The maximum atomic E-state index is 12.0. The molecule has 0 fully saturated rings. The molecule has 0 aromatic carbocycles. The molecule has 0 saturated heterocycles. The summed E-state index contributed by atoms with van der Waals surface area (Å²) in [5, 5.41) is 19.7. The second kappa shape index (κ2) is 20.0. The zero-order chi connectivity index (χ0) is 22.8. The standard InChI is InChI=1S/C24H48I2O4/c1-5-9-17-25(18-10-6-2)21(23(27)28)15-13-14-16-22(24(29)30)26(19-11-7-3)20-12-8-4/h21-22H,5-20H2,1-4H3,(H,27,28)(H,29,30). The molecule has 0 aliphatic heterocycles. The molecule has 0 aromatic rings. The molecule has 0 spiro atoms. The Kier molecular flexibility index (Phi) is 20.3. The number of halogens is 2. The molecule has 2 unspecified atom stereocenters. The summed E-state index contributed by atoms with van der Waals surface area (Å²) in [5.74, 6) is -1.16. The van der Waals surface area contributed by atoms with Crippen LogP contribution >= 0.6 is 39.6 Å². The molecule has 2 atom stereocenters. The molecule has 0 radical (unpaired) electrons. The predicted molar refractivity (Wildman–Crippen MR) is 148 cm³/mol. The maximum absolute atomic E-state index is 12.0. The Bertz CT molecular complexity index is 389. The summed E-state index contributed by atoms with van der Waals surface area (Å²) in [4.78, 5) is 24.0. The average Bonchev–Trinajstić information content (AvgIpc) is 2.71. The number of alkyl halides is 6. The van der Waals surface area contributed by atoms with Crippen molar-refractivity contribution in [2.45, 2.75) is 113 Å². The SMILES string of the molecule is CCCCI(CCCC)C(CCCCC(C(=O)O)I(CCCC)CCCC)C(=O)O. The number of unbranched alkanes of at least 4 members (excludes halogenated alkanes) is 5. The van der Waals surface area contributed by atoms with Crippen LogP contribution in [0, 0.1) is 0 Å². The number of carbonyl (C=O) groups is 2. The van der Waals surface area contributed by atoms with Gasteiger partial charge in [0.25, 0.3) is 0 Å². The summed E-state index contributed by atoms with van der Waals surface area (Å²) in [5.41, 5.74) is 0. The van der Waals surface area contributed by atoms with Crippen LogP contribution in [0.1, 0.15) is 105 Å². The molecular formula is C24H48I2O4. The minimum atomic E-state index is -1.49. The summed E-state index contributed by atoms with van der Waals surface area (Å²) >= 11 is -2.97. The minimum absolute atomic E-state index is 0.106. The summed E-state index contributed by atoms with van der Waals surface area (Å²) < 4.78 is 4.45. The number of carboxylic acid groups (broad SMARTS) is 2. The molecule has 30 heavy (non-hydrogen) atoms. The van der Waals surface area contributed by atoms with Crippen LogP contribution in [0.4, 0.5) is 0 Å². The third-order valence-corrected chi connectivity index (χ3v) is 20.5. The Morgan fingerprint density at radius 1 is 0.567 bits per heavy atom. The van der Waals surface area contributed by atoms with E-state index in [0.29, 0.717) is 0 Å². The van der Waals surface area contributed by atoms with Gasteiger partial charge in [-0.3, -0.25) is 0 Å². The topological polar surface area (TPSA) is 74.6 Å². The van der Waals surface area contributed by atoms with E-state index in [1.807, 2.05) is 0 Å². The van der Waals surface area contributed by atoms with Crippen molar-refractivity contribution in [2.24, 2.45) is 0 Å². The van der Waals surface area contributed by atoms with Crippen LogP contribution in [0.25, 0.3) is 0 Å². The van der Waals surface area contributed by atoms with Crippen LogP contribution in [-0.2, 0) is 9.59 Å². The molecule has 0 rings (SSSR count). The first kappa shape index (κ1) is 30.4. The van der Waals surface area contributed by atoms with Gasteiger partial charge in [0.1, 0.15) is 0 Å². The van der Waals surface area contributed by atoms with Gasteiger partial charge in [0.15, 0.2) is 0 Å². The second-order valence-corrected chi connectivity index (χ2v) is 21.1. The van der Waals surface area contributed by atoms with E-state index in [1.54, 1.807) is 0 Å². The van der Waals surface area contributed by atoms with Gasteiger partial charge in [-0.05, 0) is 0 Å². The first-order valence-corrected chi connectivity index (χ1v) is 20.7. The summed E-state index contributed by atoms with van der Waals surface area (Å²) in [6.07, 6.45) is 12.6. The molecule has 0 amide bonds. The molecular weight excluding hydrogens is 606 g/mol. The zero-order valence-electron chi connectivity index (χ0n) is 19.9. The normalized spacial score (nSPS) is 14.3. The number of hydrogen-bond donors (Lipinski definition) is 2. The van der Waals surface area contributed by atoms with Crippen LogP contribution in [-0.4, -0.2) is 47.7 Å². The van der Waals surface area contributed by atoms with Gasteiger partial charge in [-0.2, -0.15) is 0 Å². The van der Waals surface area contributed by atoms with Crippen molar-refractivity contribution in [1.29, 1.82) is 0 Å². The zero-order valence-corrected chi connectivity index (χ0v) is 24.3. The van der Waals surface area contributed by atoms with Gasteiger partial charge in [-0.1, -0.05) is 0 Å². The average molecular weight is 654 g/mol. The molecule has 0 saturated carbocycles. The van der Waals surface area contributed by atoms with E-state index >= 15 is 0 Å². The summed E-state index contributed by atoms with van der Waals surface area (Å²) in [6, 6.07) is 0. The predicted octanol–water partition coefficient (Wildman–Crippen LogP) is 7.67. The molecule has 0 aliphatic carbocycles. The molecule has 182 valence electrons. The molecule has 0 heterocycles. The fourth-order valence-corrected chi connectivity index (χ4v) is 18.6. The van der Waals surface area contributed by atoms with Gasteiger partial charge in [0.05, 0.1) is 0 Å². The van der Waals surface area contributed by atoms with Gasteiger partial charge in [-0.15, -0.1) is 0 Å². The number of aliphatic carboxylic acids is 2. The molecule has 0 aliphatic rings. The monoisotopic (exact) mass is 654 g/mol. The third kappa shape index (κ3) is 13.7. The van der Waals surface area contributed by atoms with E-state index in [-0.39, 0.29) is 7.85 Å². The molecule has 6 heteroatoms. The van der Waals surface area contributed by atoms with Gasteiger partial charge < -0.3 is 0 Å². The van der Waals surface area contributed by atoms with Crippen molar-refractivity contribution < 1.29 is 19.8 Å². The van der Waals surface area contributed by atoms with Crippen molar-refractivity contribution in [2.75, 3.05) is 17.7 Å². The number of hydrogen-bond acceptors (Lipinski definition) is 2. The van der Waals surface area contributed by atoms with Gasteiger partial charge in [0, 0.05) is 0 Å².